The van der Waals surface area contributed by atoms with Gasteiger partial charge in [0.2, 0.25) is 0 Å². The van der Waals surface area contributed by atoms with Crippen molar-refractivity contribution < 1.29 is 4.39 Å². The van der Waals surface area contributed by atoms with Crippen molar-refractivity contribution in [2.75, 3.05) is 6.54 Å². The maximum Gasteiger partial charge on any atom is 0.123 e. The number of nitrogens with one attached hydrogen (secondary N) is 1. The van der Waals surface area contributed by atoms with Crippen molar-refractivity contribution in [1.82, 2.24) is 5.32 Å². The molecule has 106 valence electrons. The van der Waals surface area contributed by atoms with E-state index in [0.29, 0.717) is 12.0 Å². The van der Waals surface area contributed by atoms with Gasteiger partial charge < -0.3 is 5.32 Å². The summed E-state index contributed by atoms with van der Waals surface area (Å²) in [4.78, 5) is 0. The normalized spacial score (nSPS) is 19.1. The van der Waals surface area contributed by atoms with Crippen LogP contribution in [0.4, 0.5) is 4.39 Å². The summed E-state index contributed by atoms with van der Waals surface area (Å²) < 4.78 is 13.5. The first-order valence-corrected chi connectivity index (χ1v) is 7.80. The molecule has 1 aliphatic rings. The van der Waals surface area contributed by atoms with Crippen LogP contribution in [0.1, 0.15) is 63.5 Å². The highest BCUT2D eigenvalue weighted by atomic mass is 19.1. The molecule has 2 rings (SSSR count). The van der Waals surface area contributed by atoms with Crippen LogP contribution in [0, 0.1) is 11.7 Å². The summed E-state index contributed by atoms with van der Waals surface area (Å²) in [5, 5.41) is 3.64. The topological polar surface area (TPSA) is 12.0 Å². The Kier molecular flexibility index (Phi) is 5.84. The Morgan fingerprint density at radius 2 is 1.95 bits per heavy atom. The fourth-order valence-electron chi connectivity index (χ4n) is 3.20. The summed E-state index contributed by atoms with van der Waals surface area (Å²) in [6.45, 7) is 3.19. The van der Waals surface area contributed by atoms with Crippen LogP contribution in [0.15, 0.2) is 24.3 Å². The molecule has 0 heterocycles. The molecular weight excluding hydrogens is 237 g/mol. The molecule has 19 heavy (non-hydrogen) atoms. The van der Waals surface area contributed by atoms with Crippen LogP contribution in [-0.4, -0.2) is 6.54 Å². The van der Waals surface area contributed by atoms with Crippen LogP contribution >= 0.6 is 0 Å². The fraction of sp³-hybridized carbons (Fsp3) is 0.647. The average molecular weight is 263 g/mol. The van der Waals surface area contributed by atoms with Crippen molar-refractivity contribution in [2.45, 2.75) is 57.9 Å². The molecule has 1 atom stereocenters. The van der Waals surface area contributed by atoms with Crippen LogP contribution in [0.5, 0.6) is 0 Å². The van der Waals surface area contributed by atoms with Crippen molar-refractivity contribution in [1.29, 1.82) is 0 Å². The zero-order chi connectivity index (χ0) is 13.5. The molecule has 1 saturated carbocycles. The second-order valence-corrected chi connectivity index (χ2v) is 5.74. The molecular formula is C17H26FN. The maximum atomic E-state index is 13.5. The molecule has 1 aromatic carbocycles. The van der Waals surface area contributed by atoms with Gasteiger partial charge in [-0.2, -0.15) is 0 Å². The van der Waals surface area contributed by atoms with E-state index in [1.54, 1.807) is 6.07 Å². The van der Waals surface area contributed by atoms with Crippen molar-refractivity contribution >= 4 is 0 Å². The number of benzene rings is 1. The smallest absolute Gasteiger partial charge is 0.123 e. The molecule has 1 nitrogen and oxygen atoms in total. The Labute approximate surface area is 116 Å². The SMILES string of the molecule is CCCNC(c1cccc(F)c1)C1CCCCCC1. The van der Waals surface area contributed by atoms with Gasteiger partial charge in [0, 0.05) is 6.04 Å². The molecule has 1 fully saturated rings. The molecule has 0 aromatic heterocycles. The second kappa shape index (κ2) is 7.64. The van der Waals surface area contributed by atoms with Crippen molar-refractivity contribution in [2.24, 2.45) is 5.92 Å². The summed E-state index contributed by atoms with van der Waals surface area (Å²) >= 11 is 0. The third-order valence-corrected chi connectivity index (χ3v) is 4.19. The quantitative estimate of drug-likeness (QED) is 0.750. The lowest BCUT2D eigenvalue weighted by Gasteiger charge is -2.28. The van der Waals surface area contributed by atoms with Gasteiger partial charge in [0.25, 0.3) is 0 Å². The highest BCUT2D eigenvalue weighted by Crippen LogP contribution is 2.33. The van der Waals surface area contributed by atoms with E-state index < -0.39 is 0 Å². The minimum atomic E-state index is -0.116. The van der Waals surface area contributed by atoms with Gasteiger partial charge in [-0.05, 0) is 49.4 Å². The number of hydrogen-bond donors (Lipinski definition) is 1. The van der Waals surface area contributed by atoms with Gasteiger partial charge >= 0.3 is 0 Å². The predicted octanol–water partition coefficient (Wildman–Crippen LogP) is 4.84. The minimum Gasteiger partial charge on any atom is -0.310 e. The van der Waals surface area contributed by atoms with Gasteiger partial charge in [0.15, 0.2) is 0 Å². The van der Waals surface area contributed by atoms with Crippen LogP contribution < -0.4 is 5.32 Å². The third-order valence-electron chi connectivity index (χ3n) is 4.19. The van der Waals surface area contributed by atoms with Crippen LogP contribution in [-0.2, 0) is 0 Å². The molecule has 0 aliphatic heterocycles. The largest absolute Gasteiger partial charge is 0.310 e. The Morgan fingerprint density at radius 1 is 1.21 bits per heavy atom. The first-order chi connectivity index (χ1) is 9.31. The average Bonchev–Trinajstić information content (AvgIpc) is 2.68. The lowest BCUT2D eigenvalue weighted by molar-refractivity contribution is 0.325. The van der Waals surface area contributed by atoms with E-state index in [9.17, 15) is 4.39 Å². The number of rotatable bonds is 5. The molecule has 0 bridgehead atoms. The Morgan fingerprint density at radius 3 is 2.58 bits per heavy atom. The van der Waals surface area contributed by atoms with E-state index in [2.05, 4.69) is 18.3 Å². The summed E-state index contributed by atoms with van der Waals surface area (Å²) in [5.74, 6) is 0.547. The second-order valence-electron chi connectivity index (χ2n) is 5.74. The van der Waals surface area contributed by atoms with Crippen molar-refractivity contribution in [3.8, 4) is 0 Å². The van der Waals surface area contributed by atoms with Crippen molar-refractivity contribution in [3.63, 3.8) is 0 Å². The lowest BCUT2D eigenvalue weighted by Crippen LogP contribution is -2.29. The zero-order valence-electron chi connectivity index (χ0n) is 12.0. The Bertz CT molecular complexity index is 369. The molecule has 0 radical (unpaired) electrons. The van der Waals surface area contributed by atoms with Gasteiger partial charge in [-0.15, -0.1) is 0 Å². The molecule has 0 saturated heterocycles. The van der Waals surface area contributed by atoms with Gasteiger partial charge in [-0.25, -0.2) is 4.39 Å². The standard InChI is InChI=1S/C17H26FN/c1-2-12-19-17(14-8-5-3-4-6-9-14)15-10-7-11-16(18)13-15/h7,10-11,13-14,17,19H,2-6,8-9,12H2,1H3. The molecule has 2 heteroatoms. The van der Waals surface area contributed by atoms with Gasteiger partial charge in [0.05, 0.1) is 0 Å². The van der Waals surface area contributed by atoms with Crippen molar-refractivity contribution in [3.05, 3.63) is 35.6 Å². The lowest BCUT2D eigenvalue weighted by atomic mass is 9.87. The highest BCUT2D eigenvalue weighted by molar-refractivity contribution is 5.21. The Balaban J connectivity index is 2.13. The van der Waals surface area contributed by atoms with E-state index in [1.165, 1.54) is 44.6 Å². The number of hydrogen-bond acceptors (Lipinski definition) is 1. The summed E-state index contributed by atoms with van der Waals surface area (Å²) in [5.41, 5.74) is 1.13. The van der Waals surface area contributed by atoms with Gasteiger partial charge in [0.1, 0.15) is 5.82 Å². The minimum absolute atomic E-state index is 0.116. The number of halogens is 1. The van der Waals surface area contributed by atoms with Crippen LogP contribution in [0.25, 0.3) is 0 Å². The van der Waals surface area contributed by atoms with E-state index in [-0.39, 0.29) is 5.82 Å². The summed E-state index contributed by atoms with van der Waals surface area (Å²) in [7, 11) is 0. The molecule has 1 unspecified atom stereocenters. The first-order valence-electron chi connectivity index (χ1n) is 7.80. The summed E-state index contributed by atoms with van der Waals surface area (Å²) in [6.07, 6.45) is 9.04. The molecule has 0 amide bonds. The molecule has 1 N–H and O–H groups in total. The molecule has 1 aromatic rings. The highest BCUT2D eigenvalue weighted by Gasteiger charge is 2.23. The summed E-state index contributed by atoms with van der Waals surface area (Å²) in [6, 6.07) is 7.48. The first kappa shape index (κ1) is 14.5. The van der Waals surface area contributed by atoms with Gasteiger partial charge in [-0.1, -0.05) is 44.7 Å². The zero-order valence-corrected chi connectivity index (χ0v) is 12.0. The van der Waals surface area contributed by atoms with E-state index >= 15 is 0 Å². The molecule has 0 spiro atoms. The predicted molar refractivity (Wildman–Crippen MR) is 78.6 cm³/mol. The Hall–Kier alpha value is -0.890. The molecule has 1 aliphatic carbocycles. The monoisotopic (exact) mass is 263 g/mol. The van der Waals surface area contributed by atoms with E-state index in [4.69, 9.17) is 0 Å². The third kappa shape index (κ3) is 4.31. The van der Waals surface area contributed by atoms with E-state index in [0.717, 1.165) is 18.5 Å². The fourth-order valence-corrected chi connectivity index (χ4v) is 3.20. The maximum absolute atomic E-state index is 13.5. The van der Waals surface area contributed by atoms with Crippen LogP contribution in [0.2, 0.25) is 0 Å². The van der Waals surface area contributed by atoms with Gasteiger partial charge in [-0.3, -0.25) is 0 Å². The van der Waals surface area contributed by atoms with Crippen LogP contribution in [0.3, 0.4) is 0 Å². The van der Waals surface area contributed by atoms with E-state index in [1.807, 2.05) is 6.07 Å².